The van der Waals surface area contributed by atoms with Gasteiger partial charge in [0, 0.05) is 12.6 Å². The van der Waals surface area contributed by atoms with E-state index in [1.807, 2.05) is 0 Å². The van der Waals surface area contributed by atoms with Crippen molar-refractivity contribution in [2.24, 2.45) is 11.8 Å². The van der Waals surface area contributed by atoms with E-state index in [-0.39, 0.29) is 0 Å². The molecule has 0 spiro atoms. The molecule has 1 heterocycles. The Bertz CT molecular complexity index is 213. The molecule has 1 aliphatic carbocycles. The number of nitrogens with zero attached hydrogens (tertiary/aromatic N) is 1. The van der Waals surface area contributed by atoms with Gasteiger partial charge in [0.2, 0.25) is 0 Å². The third kappa shape index (κ3) is 4.24. The molecule has 18 heavy (non-hydrogen) atoms. The lowest BCUT2D eigenvalue weighted by Gasteiger charge is -2.36. The van der Waals surface area contributed by atoms with Crippen molar-refractivity contribution in [1.29, 1.82) is 0 Å². The minimum atomic E-state index is 0.794. The fraction of sp³-hybridized carbons (Fsp3) is 1.00. The van der Waals surface area contributed by atoms with Crippen LogP contribution < -0.4 is 5.32 Å². The number of piperidine rings is 1. The van der Waals surface area contributed by atoms with Crippen LogP contribution in [0.4, 0.5) is 0 Å². The fourth-order valence-electron chi connectivity index (χ4n) is 3.80. The molecular weight excluding hydrogens is 220 g/mol. The van der Waals surface area contributed by atoms with Crippen molar-refractivity contribution in [2.45, 2.75) is 64.8 Å². The molecule has 0 aromatic heterocycles. The molecule has 0 aromatic carbocycles. The molecule has 2 fully saturated rings. The molecule has 1 aliphatic heterocycles. The Morgan fingerprint density at radius 3 is 2.06 bits per heavy atom. The van der Waals surface area contributed by atoms with Crippen molar-refractivity contribution in [3.63, 3.8) is 0 Å². The van der Waals surface area contributed by atoms with Gasteiger partial charge in [0.1, 0.15) is 0 Å². The highest BCUT2D eigenvalue weighted by atomic mass is 15.1. The maximum absolute atomic E-state index is 3.60. The van der Waals surface area contributed by atoms with Crippen LogP contribution in [0.25, 0.3) is 0 Å². The molecule has 2 heteroatoms. The second-order valence-electron chi connectivity index (χ2n) is 6.43. The molecule has 2 rings (SSSR count). The van der Waals surface area contributed by atoms with Crippen LogP contribution in [0.1, 0.15) is 58.8 Å². The van der Waals surface area contributed by atoms with Gasteiger partial charge >= 0.3 is 0 Å². The van der Waals surface area contributed by atoms with Crippen LogP contribution in [0.15, 0.2) is 0 Å². The molecule has 1 saturated carbocycles. The van der Waals surface area contributed by atoms with Crippen LogP contribution in [0.3, 0.4) is 0 Å². The first-order valence-electron chi connectivity index (χ1n) is 8.27. The summed E-state index contributed by atoms with van der Waals surface area (Å²) < 4.78 is 0. The van der Waals surface area contributed by atoms with Crippen molar-refractivity contribution >= 4 is 0 Å². The van der Waals surface area contributed by atoms with E-state index in [0.29, 0.717) is 0 Å². The van der Waals surface area contributed by atoms with E-state index in [1.54, 1.807) is 0 Å². The Balaban J connectivity index is 1.63. The zero-order chi connectivity index (χ0) is 12.8. The molecular formula is C16H32N2. The van der Waals surface area contributed by atoms with Crippen LogP contribution >= 0.6 is 0 Å². The summed E-state index contributed by atoms with van der Waals surface area (Å²) in [5.74, 6) is 2.05. The number of nitrogens with one attached hydrogen (secondary N) is 1. The average molecular weight is 252 g/mol. The van der Waals surface area contributed by atoms with Crippen LogP contribution in [0.5, 0.6) is 0 Å². The SMILES string of the molecule is CCNC1CCN(CC2CCC(CC)CC2)CC1. The lowest BCUT2D eigenvalue weighted by Crippen LogP contribution is -2.44. The average Bonchev–Trinajstić information content (AvgIpc) is 2.42. The van der Waals surface area contributed by atoms with Crippen LogP contribution in [0, 0.1) is 11.8 Å². The zero-order valence-electron chi connectivity index (χ0n) is 12.5. The summed E-state index contributed by atoms with van der Waals surface area (Å²) in [6, 6.07) is 0.794. The van der Waals surface area contributed by atoms with E-state index in [2.05, 4.69) is 24.1 Å². The van der Waals surface area contributed by atoms with E-state index in [0.717, 1.165) is 24.4 Å². The number of hydrogen-bond donors (Lipinski definition) is 1. The molecule has 0 radical (unpaired) electrons. The van der Waals surface area contributed by atoms with Gasteiger partial charge in [0.05, 0.1) is 0 Å². The minimum absolute atomic E-state index is 0.794. The van der Waals surface area contributed by atoms with Crippen molar-refractivity contribution in [1.82, 2.24) is 10.2 Å². The Kier molecular flexibility index (Phi) is 5.97. The smallest absolute Gasteiger partial charge is 0.00912 e. The first-order valence-corrected chi connectivity index (χ1v) is 8.27. The van der Waals surface area contributed by atoms with Crippen LogP contribution in [-0.4, -0.2) is 37.1 Å². The van der Waals surface area contributed by atoms with Gasteiger partial charge in [-0.2, -0.15) is 0 Å². The van der Waals surface area contributed by atoms with Gasteiger partial charge in [-0.05, 0) is 57.2 Å². The number of likely N-dealkylation sites (tertiary alicyclic amines) is 1. The van der Waals surface area contributed by atoms with Gasteiger partial charge in [-0.15, -0.1) is 0 Å². The molecule has 1 N–H and O–H groups in total. The Labute approximate surface area is 114 Å². The summed E-state index contributed by atoms with van der Waals surface area (Å²) in [6.07, 6.45) is 10.1. The summed E-state index contributed by atoms with van der Waals surface area (Å²) in [5.41, 5.74) is 0. The van der Waals surface area contributed by atoms with Gasteiger partial charge in [-0.3, -0.25) is 0 Å². The summed E-state index contributed by atoms with van der Waals surface area (Å²) in [7, 11) is 0. The highest BCUT2D eigenvalue weighted by Gasteiger charge is 2.24. The molecule has 106 valence electrons. The lowest BCUT2D eigenvalue weighted by molar-refractivity contribution is 0.144. The standard InChI is InChI=1S/C16H32N2/c1-3-14-5-7-15(8-6-14)13-18-11-9-16(10-12-18)17-4-2/h14-17H,3-13H2,1-2H3. The van der Waals surface area contributed by atoms with Gasteiger partial charge in [-0.25, -0.2) is 0 Å². The van der Waals surface area contributed by atoms with Gasteiger partial charge in [0.25, 0.3) is 0 Å². The molecule has 0 atom stereocenters. The van der Waals surface area contributed by atoms with Gasteiger partial charge < -0.3 is 10.2 Å². The monoisotopic (exact) mass is 252 g/mol. The largest absolute Gasteiger partial charge is 0.314 e. The third-order valence-electron chi connectivity index (χ3n) is 5.14. The Morgan fingerprint density at radius 1 is 0.889 bits per heavy atom. The molecule has 0 unspecified atom stereocenters. The second-order valence-corrected chi connectivity index (χ2v) is 6.43. The van der Waals surface area contributed by atoms with Gasteiger partial charge in [0.15, 0.2) is 0 Å². The molecule has 2 aliphatic rings. The second kappa shape index (κ2) is 7.49. The van der Waals surface area contributed by atoms with E-state index >= 15 is 0 Å². The molecule has 0 aromatic rings. The maximum atomic E-state index is 3.60. The maximum Gasteiger partial charge on any atom is 0.00912 e. The number of rotatable bonds is 5. The molecule has 2 nitrogen and oxygen atoms in total. The van der Waals surface area contributed by atoms with Crippen molar-refractivity contribution in [3.05, 3.63) is 0 Å². The van der Waals surface area contributed by atoms with E-state index in [1.165, 1.54) is 64.6 Å². The van der Waals surface area contributed by atoms with E-state index in [9.17, 15) is 0 Å². The predicted octanol–water partition coefficient (Wildman–Crippen LogP) is 3.28. The van der Waals surface area contributed by atoms with Crippen LogP contribution in [0.2, 0.25) is 0 Å². The van der Waals surface area contributed by atoms with Crippen molar-refractivity contribution in [2.75, 3.05) is 26.2 Å². The highest BCUT2D eigenvalue weighted by Crippen LogP contribution is 2.31. The minimum Gasteiger partial charge on any atom is -0.314 e. The Hall–Kier alpha value is -0.0800. The summed E-state index contributed by atoms with van der Waals surface area (Å²) >= 11 is 0. The van der Waals surface area contributed by atoms with Gasteiger partial charge in [-0.1, -0.05) is 33.1 Å². The fourth-order valence-corrected chi connectivity index (χ4v) is 3.80. The normalized spacial score (nSPS) is 31.7. The van der Waals surface area contributed by atoms with Crippen LogP contribution in [-0.2, 0) is 0 Å². The Morgan fingerprint density at radius 2 is 1.50 bits per heavy atom. The van der Waals surface area contributed by atoms with E-state index in [4.69, 9.17) is 0 Å². The number of hydrogen-bond acceptors (Lipinski definition) is 2. The highest BCUT2D eigenvalue weighted by molar-refractivity contribution is 4.80. The zero-order valence-corrected chi connectivity index (χ0v) is 12.5. The van der Waals surface area contributed by atoms with E-state index < -0.39 is 0 Å². The topological polar surface area (TPSA) is 15.3 Å². The summed E-state index contributed by atoms with van der Waals surface area (Å²) in [5, 5.41) is 3.60. The first kappa shape index (κ1) is 14.3. The molecule has 1 saturated heterocycles. The third-order valence-corrected chi connectivity index (χ3v) is 5.14. The molecule has 0 amide bonds. The summed E-state index contributed by atoms with van der Waals surface area (Å²) in [6.45, 7) is 9.74. The first-order chi connectivity index (χ1) is 8.81. The summed E-state index contributed by atoms with van der Waals surface area (Å²) in [4.78, 5) is 2.73. The van der Waals surface area contributed by atoms with Crippen molar-refractivity contribution < 1.29 is 0 Å². The lowest BCUT2D eigenvalue weighted by atomic mass is 9.80. The quantitative estimate of drug-likeness (QED) is 0.808. The molecule has 0 bridgehead atoms. The predicted molar refractivity (Wildman–Crippen MR) is 78.9 cm³/mol. The van der Waals surface area contributed by atoms with Crippen molar-refractivity contribution in [3.8, 4) is 0 Å².